The summed E-state index contributed by atoms with van der Waals surface area (Å²) in [4.78, 5) is 0. The van der Waals surface area contributed by atoms with Gasteiger partial charge in [0, 0.05) is 11.3 Å². The second-order valence-electron chi connectivity index (χ2n) is 6.03. The molecule has 1 aromatic heterocycles. The van der Waals surface area contributed by atoms with E-state index in [9.17, 15) is 13.2 Å². The predicted molar refractivity (Wildman–Crippen MR) is 93.5 cm³/mol. The highest BCUT2D eigenvalue weighted by Crippen LogP contribution is 2.30. The van der Waals surface area contributed by atoms with Gasteiger partial charge >= 0.3 is 6.18 Å². The maximum atomic E-state index is 12.6. The van der Waals surface area contributed by atoms with Crippen molar-refractivity contribution in [2.24, 2.45) is 0 Å². The molecule has 2 aromatic carbocycles. The van der Waals surface area contributed by atoms with E-state index in [-0.39, 0.29) is 6.61 Å². The van der Waals surface area contributed by atoms with Crippen molar-refractivity contribution in [3.05, 3.63) is 76.6 Å². The molecule has 0 aliphatic rings. The van der Waals surface area contributed by atoms with E-state index in [1.807, 2.05) is 13.8 Å². The number of rotatable bonds is 4. The summed E-state index contributed by atoms with van der Waals surface area (Å²) in [6, 6.07) is 13.7. The predicted octanol–water partition coefficient (Wildman–Crippen LogP) is 4.96. The Bertz CT molecular complexity index is 982. The zero-order valence-electron chi connectivity index (χ0n) is 14.7. The monoisotopic (exact) mass is 371 g/mol. The maximum absolute atomic E-state index is 12.6. The van der Waals surface area contributed by atoms with Crippen LogP contribution in [0.15, 0.2) is 48.5 Å². The molecule has 0 unspecified atom stereocenters. The molecule has 0 spiro atoms. The Kier molecular flexibility index (Phi) is 4.91. The Balaban J connectivity index is 1.78. The van der Waals surface area contributed by atoms with Crippen molar-refractivity contribution in [1.29, 1.82) is 5.26 Å². The summed E-state index contributed by atoms with van der Waals surface area (Å²) >= 11 is 0. The lowest BCUT2D eigenvalue weighted by molar-refractivity contribution is -0.137. The average molecular weight is 371 g/mol. The van der Waals surface area contributed by atoms with E-state index >= 15 is 0 Å². The van der Waals surface area contributed by atoms with Crippen molar-refractivity contribution >= 4 is 0 Å². The molecule has 1 heterocycles. The topological polar surface area (TPSA) is 50.8 Å². The Morgan fingerprint density at radius 2 is 1.67 bits per heavy atom. The minimum atomic E-state index is -4.37. The van der Waals surface area contributed by atoms with Crippen molar-refractivity contribution in [3.8, 4) is 17.5 Å². The zero-order chi connectivity index (χ0) is 19.6. The van der Waals surface area contributed by atoms with Crippen LogP contribution < -0.4 is 4.74 Å². The van der Waals surface area contributed by atoms with Crippen LogP contribution in [-0.2, 0) is 12.8 Å². The summed E-state index contributed by atoms with van der Waals surface area (Å²) in [5.74, 6) is 0.355. The van der Waals surface area contributed by atoms with Crippen LogP contribution in [0, 0.1) is 25.2 Å². The van der Waals surface area contributed by atoms with E-state index < -0.39 is 11.7 Å². The van der Waals surface area contributed by atoms with Crippen LogP contribution >= 0.6 is 0 Å². The largest absolute Gasteiger partial charge is 0.489 e. The highest BCUT2D eigenvalue weighted by atomic mass is 19.4. The molecular formula is C20H16F3N3O. The number of nitrogens with zero attached hydrogens (tertiary/aromatic N) is 3. The van der Waals surface area contributed by atoms with Gasteiger partial charge in [0.2, 0.25) is 0 Å². The summed E-state index contributed by atoms with van der Waals surface area (Å²) < 4.78 is 45.2. The van der Waals surface area contributed by atoms with Crippen molar-refractivity contribution in [1.82, 2.24) is 9.78 Å². The fraction of sp³-hybridized carbons (Fsp3) is 0.200. The van der Waals surface area contributed by atoms with Gasteiger partial charge in [-0.1, -0.05) is 0 Å². The molecule has 7 heteroatoms. The van der Waals surface area contributed by atoms with Gasteiger partial charge in [-0.05, 0) is 62.4 Å². The third-order valence-electron chi connectivity index (χ3n) is 4.25. The SMILES string of the molecule is Cc1nn(-c2ccc(C#N)cc2)c(C)c1COc1ccc(C(F)(F)F)cc1. The number of hydrogen-bond donors (Lipinski definition) is 0. The molecule has 138 valence electrons. The number of ether oxygens (including phenoxy) is 1. The first-order valence-corrected chi connectivity index (χ1v) is 8.15. The number of halogens is 3. The third kappa shape index (κ3) is 3.95. The average Bonchev–Trinajstić information content (AvgIpc) is 2.93. The molecule has 4 nitrogen and oxygen atoms in total. The minimum absolute atomic E-state index is 0.194. The lowest BCUT2D eigenvalue weighted by atomic mass is 10.2. The van der Waals surface area contributed by atoms with Crippen LogP contribution in [0.2, 0.25) is 0 Å². The van der Waals surface area contributed by atoms with E-state index in [0.717, 1.165) is 34.8 Å². The molecule has 0 bridgehead atoms. The Hall–Kier alpha value is -3.27. The van der Waals surface area contributed by atoms with Crippen LogP contribution in [0.3, 0.4) is 0 Å². The molecule has 0 N–H and O–H groups in total. The molecule has 0 atom stereocenters. The first-order valence-electron chi connectivity index (χ1n) is 8.15. The highest BCUT2D eigenvalue weighted by Gasteiger charge is 2.30. The van der Waals surface area contributed by atoms with Gasteiger partial charge in [0.15, 0.2) is 0 Å². The molecule has 0 fully saturated rings. The molecular weight excluding hydrogens is 355 g/mol. The first-order chi connectivity index (χ1) is 12.8. The molecule has 0 radical (unpaired) electrons. The number of aryl methyl sites for hydroxylation is 1. The van der Waals surface area contributed by atoms with Crippen molar-refractivity contribution in [2.75, 3.05) is 0 Å². The summed E-state index contributed by atoms with van der Waals surface area (Å²) in [5, 5.41) is 13.4. The Morgan fingerprint density at radius 3 is 2.22 bits per heavy atom. The highest BCUT2D eigenvalue weighted by molar-refractivity contribution is 5.41. The van der Waals surface area contributed by atoms with Gasteiger partial charge in [0.05, 0.1) is 28.6 Å². The van der Waals surface area contributed by atoms with E-state index in [0.29, 0.717) is 11.3 Å². The molecule has 0 saturated heterocycles. The van der Waals surface area contributed by atoms with Crippen LogP contribution in [0.1, 0.15) is 28.1 Å². The summed E-state index contributed by atoms with van der Waals surface area (Å²) in [5.41, 5.74) is 3.16. The Morgan fingerprint density at radius 1 is 1.04 bits per heavy atom. The zero-order valence-corrected chi connectivity index (χ0v) is 14.7. The van der Waals surface area contributed by atoms with Crippen LogP contribution in [0.5, 0.6) is 5.75 Å². The standard InChI is InChI=1S/C20H16F3N3O/c1-13-19(12-27-18-9-5-16(6-10-18)20(21,22)23)14(2)26(25-13)17-7-3-15(11-24)4-8-17/h3-10H,12H2,1-2H3. The van der Waals surface area contributed by atoms with Gasteiger partial charge in [-0.25, -0.2) is 4.68 Å². The molecule has 0 aliphatic carbocycles. The minimum Gasteiger partial charge on any atom is -0.489 e. The molecule has 3 aromatic rings. The fourth-order valence-electron chi connectivity index (χ4n) is 2.71. The van der Waals surface area contributed by atoms with E-state index in [1.54, 1.807) is 28.9 Å². The smallest absolute Gasteiger partial charge is 0.416 e. The Labute approximate surface area is 154 Å². The summed E-state index contributed by atoms with van der Waals surface area (Å²) in [7, 11) is 0. The quantitative estimate of drug-likeness (QED) is 0.651. The van der Waals surface area contributed by atoms with Crippen molar-refractivity contribution in [3.63, 3.8) is 0 Å². The first kappa shape index (κ1) is 18.5. The van der Waals surface area contributed by atoms with Crippen molar-refractivity contribution < 1.29 is 17.9 Å². The van der Waals surface area contributed by atoms with Crippen molar-refractivity contribution in [2.45, 2.75) is 26.6 Å². The number of nitriles is 1. The van der Waals surface area contributed by atoms with Crippen LogP contribution in [0.25, 0.3) is 5.69 Å². The van der Waals surface area contributed by atoms with Gasteiger partial charge < -0.3 is 4.74 Å². The lowest BCUT2D eigenvalue weighted by Gasteiger charge is -2.10. The molecule has 3 rings (SSSR count). The number of hydrogen-bond acceptors (Lipinski definition) is 3. The van der Waals surface area contributed by atoms with Crippen LogP contribution in [0.4, 0.5) is 13.2 Å². The van der Waals surface area contributed by atoms with E-state index in [2.05, 4.69) is 11.2 Å². The second kappa shape index (κ2) is 7.16. The fourth-order valence-corrected chi connectivity index (χ4v) is 2.71. The molecule has 0 amide bonds. The van der Waals surface area contributed by atoms with E-state index in [1.165, 1.54) is 12.1 Å². The lowest BCUT2D eigenvalue weighted by Crippen LogP contribution is -2.05. The molecule has 0 aliphatic heterocycles. The summed E-state index contributed by atoms with van der Waals surface area (Å²) in [6.45, 7) is 3.93. The van der Waals surface area contributed by atoms with Gasteiger partial charge in [-0.3, -0.25) is 0 Å². The van der Waals surface area contributed by atoms with Gasteiger partial charge in [-0.2, -0.15) is 23.5 Å². The normalized spacial score (nSPS) is 11.3. The van der Waals surface area contributed by atoms with Gasteiger partial charge in [-0.15, -0.1) is 0 Å². The number of benzene rings is 2. The number of alkyl halides is 3. The van der Waals surface area contributed by atoms with Gasteiger partial charge in [0.25, 0.3) is 0 Å². The van der Waals surface area contributed by atoms with Gasteiger partial charge in [0.1, 0.15) is 12.4 Å². The third-order valence-corrected chi connectivity index (χ3v) is 4.25. The number of aromatic nitrogens is 2. The molecule has 27 heavy (non-hydrogen) atoms. The second-order valence-corrected chi connectivity index (χ2v) is 6.03. The molecule has 0 saturated carbocycles. The maximum Gasteiger partial charge on any atom is 0.416 e. The van der Waals surface area contributed by atoms with E-state index in [4.69, 9.17) is 10.00 Å². The van der Waals surface area contributed by atoms with Crippen LogP contribution in [-0.4, -0.2) is 9.78 Å². The summed E-state index contributed by atoms with van der Waals surface area (Å²) in [6.07, 6.45) is -4.37.